The van der Waals surface area contributed by atoms with Gasteiger partial charge in [0.2, 0.25) is 0 Å². The summed E-state index contributed by atoms with van der Waals surface area (Å²) in [6.07, 6.45) is 0.653. The molecule has 0 heterocycles. The lowest BCUT2D eigenvalue weighted by atomic mass is 10.1. The first-order valence-corrected chi connectivity index (χ1v) is 9.79. The smallest absolute Gasteiger partial charge is 0.273 e. The van der Waals surface area contributed by atoms with Gasteiger partial charge < -0.3 is 19.6 Å². The Morgan fingerprint density at radius 3 is 2.45 bits per heavy atom. The Labute approximate surface area is 180 Å². The third-order valence-corrected chi connectivity index (χ3v) is 4.62. The van der Waals surface area contributed by atoms with Crippen molar-refractivity contribution in [2.75, 3.05) is 20.8 Å². The third kappa shape index (κ3) is 6.54. The molecule has 0 unspecified atom stereocenters. The van der Waals surface area contributed by atoms with Gasteiger partial charge >= 0.3 is 0 Å². The van der Waals surface area contributed by atoms with Gasteiger partial charge in [0, 0.05) is 12.1 Å². The van der Waals surface area contributed by atoms with Gasteiger partial charge in [0.05, 0.1) is 23.3 Å². The summed E-state index contributed by atoms with van der Waals surface area (Å²) in [7, 11) is 2.97. The zero-order chi connectivity index (χ0) is 21.4. The maximum absolute atomic E-state index is 12.6. The monoisotopic (exact) mass is 438 g/mol. The molecule has 0 aliphatic heterocycles. The van der Waals surface area contributed by atoms with Crippen molar-refractivity contribution in [1.29, 1.82) is 0 Å². The second-order valence-electron chi connectivity index (χ2n) is 6.41. The van der Waals surface area contributed by atoms with Crippen molar-refractivity contribution in [3.05, 3.63) is 57.6 Å². The number of carbonyl (C=O) groups is 1. The molecule has 0 fully saturated rings. The predicted molar refractivity (Wildman–Crippen MR) is 115 cm³/mol. The number of ether oxygens (including phenoxy) is 2. The Morgan fingerprint density at radius 1 is 1.07 bits per heavy atom. The van der Waals surface area contributed by atoms with Crippen LogP contribution in [0.2, 0.25) is 10.0 Å². The minimum absolute atomic E-state index is 0.0499. The van der Waals surface area contributed by atoms with Crippen LogP contribution >= 0.6 is 23.2 Å². The lowest BCUT2D eigenvalue weighted by Gasteiger charge is -2.14. The Bertz CT molecular complexity index is 885. The van der Waals surface area contributed by atoms with Crippen molar-refractivity contribution < 1.29 is 19.1 Å². The molecule has 0 saturated heterocycles. The molecule has 2 aromatic rings. The fraction of sp³-hybridized carbons (Fsp3) is 0.333. The summed E-state index contributed by atoms with van der Waals surface area (Å²) >= 11 is 12.0. The molecule has 6 nitrogen and oxygen atoms in total. The van der Waals surface area contributed by atoms with Gasteiger partial charge in [-0.05, 0) is 50.1 Å². The van der Waals surface area contributed by atoms with Crippen molar-refractivity contribution in [1.82, 2.24) is 5.32 Å². The summed E-state index contributed by atoms with van der Waals surface area (Å²) < 4.78 is 11.1. The first-order valence-electron chi connectivity index (χ1n) is 9.04. The fourth-order valence-corrected chi connectivity index (χ4v) is 2.88. The number of carbonyl (C=O) groups excluding carboxylic acids is 1. The van der Waals surface area contributed by atoms with Gasteiger partial charge in [0.15, 0.2) is 17.2 Å². The maximum atomic E-state index is 12.6. The van der Waals surface area contributed by atoms with Crippen LogP contribution in [0.1, 0.15) is 25.0 Å². The van der Waals surface area contributed by atoms with Gasteiger partial charge in [0.25, 0.3) is 5.91 Å². The van der Waals surface area contributed by atoms with E-state index in [1.807, 2.05) is 32.0 Å². The van der Waals surface area contributed by atoms with Crippen molar-refractivity contribution in [3.63, 3.8) is 0 Å². The summed E-state index contributed by atoms with van der Waals surface area (Å²) in [5, 5.41) is 7.38. The van der Waals surface area contributed by atoms with Gasteiger partial charge in [-0.3, -0.25) is 4.79 Å². The number of benzene rings is 2. The molecule has 2 rings (SSSR count). The molecule has 0 bridgehead atoms. The fourth-order valence-electron chi connectivity index (χ4n) is 2.58. The minimum atomic E-state index is -0.378. The van der Waals surface area contributed by atoms with Crippen molar-refractivity contribution in [3.8, 4) is 11.5 Å². The Kier molecular flexibility index (Phi) is 8.61. The summed E-state index contributed by atoms with van der Waals surface area (Å²) in [6.45, 7) is 4.31. The number of hydrogen-bond donors (Lipinski definition) is 1. The molecule has 0 spiro atoms. The van der Waals surface area contributed by atoms with Crippen LogP contribution in [0.25, 0.3) is 0 Å². The molecule has 0 aliphatic carbocycles. The minimum Gasteiger partial charge on any atom is -0.493 e. The molecular formula is C21H24Cl2N2O4. The molecule has 0 radical (unpaired) electrons. The second-order valence-corrected chi connectivity index (χ2v) is 7.22. The number of hydrogen-bond acceptors (Lipinski definition) is 5. The van der Waals surface area contributed by atoms with E-state index in [9.17, 15) is 4.79 Å². The van der Waals surface area contributed by atoms with Gasteiger partial charge in [0.1, 0.15) is 7.11 Å². The highest BCUT2D eigenvalue weighted by Gasteiger charge is 2.16. The molecule has 29 heavy (non-hydrogen) atoms. The summed E-state index contributed by atoms with van der Waals surface area (Å²) in [5.41, 5.74) is 1.62. The van der Waals surface area contributed by atoms with Crippen LogP contribution in [0.4, 0.5) is 0 Å². The van der Waals surface area contributed by atoms with Crippen LogP contribution in [0, 0.1) is 0 Å². The highest BCUT2D eigenvalue weighted by atomic mass is 35.5. The Balaban J connectivity index is 2.03. The highest BCUT2D eigenvalue weighted by Crippen LogP contribution is 2.29. The SMILES string of the molecule is CON=C(C(=O)NCCc1ccc(OC(C)C)c(OC)c1)c1ccc(Cl)c(Cl)c1. The molecule has 1 N–H and O–H groups in total. The molecule has 156 valence electrons. The summed E-state index contributed by atoms with van der Waals surface area (Å²) in [4.78, 5) is 17.4. The van der Waals surface area contributed by atoms with Crippen LogP contribution < -0.4 is 14.8 Å². The van der Waals surface area contributed by atoms with Crippen molar-refractivity contribution >= 4 is 34.8 Å². The number of oxime groups is 1. The zero-order valence-corrected chi connectivity index (χ0v) is 18.3. The van der Waals surface area contributed by atoms with Crippen molar-refractivity contribution in [2.45, 2.75) is 26.4 Å². The average Bonchev–Trinajstić information content (AvgIpc) is 2.68. The molecule has 2 aromatic carbocycles. The molecule has 0 aromatic heterocycles. The molecule has 8 heteroatoms. The van der Waals surface area contributed by atoms with E-state index in [1.165, 1.54) is 7.11 Å². The van der Waals surface area contributed by atoms with Crippen LogP contribution in [-0.2, 0) is 16.1 Å². The molecule has 0 saturated carbocycles. The lowest BCUT2D eigenvalue weighted by molar-refractivity contribution is -0.114. The Morgan fingerprint density at radius 2 is 1.83 bits per heavy atom. The number of rotatable bonds is 9. The summed E-state index contributed by atoms with van der Waals surface area (Å²) in [5.74, 6) is 0.960. The second kappa shape index (κ2) is 10.9. The van der Waals surface area contributed by atoms with E-state index in [-0.39, 0.29) is 17.7 Å². The molecular weight excluding hydrogens is 415 g/mol. The number of nitrogens with zero attached hydrogens (tertiary/aromatic N) is 1. The van der Waals surface area contributed by atoms with Crippen LogP contribution in [0.5, 0.6) is 11.5 Å². The molecule has 1 amide bonds. The van der Waals surface area contributed by atoms with E-state index in [2.05, 4.69) is 10.5 Å². The zero-order valence-electron chi connectivity index (χ0n) is 16.8. The van der Waals surface area contributed by atoms with E-state index in [0.717, 1.165) is 5.56 Å². The largest absolute Gasteiger partial charge is 0.493 e. The van der Waals surface area contributed by atoms with E-state index in [4.69, 9.17) is 37.5 Å². The summed E-state index contributed by atoms with van der Waals surface area (Å²) in [6, 6.07) is 10.5. The molecule has 0 atom stereocenters. The van der Waals surface area contributed by atoms with Crippen LogP contribution in [0.15, 0.2) is 41.6 Å². The first kappa shape index (κ1) is 22.8. The van der Waals surface area contributed by atoms with Gasteiger partial charge in [-0.15, -0.1) is 0 Å². The van der Waals surface area contributed by atoms with E-state index in [1.54, 1.807) is 25.3 Å². The number of nitrogens with one attached hydrogen (secondary N) is 1. The Hall–Kier alpha value is -2.44. The number of methoxy groups -OCH3 is 1. The number of halogens is 2. The quantitative estimate of drug-likeness (QED) is 0.462. The van der Waals surface area contributed by atoms with E-state index in [0.29, 0.717) is 40.1 Å². The maximum Gasteiger partial charge on any atom is 0.273 e. The van der Waals surface area contributed by atoms with Gasteiger partial charge in [-0.1, -0.05) is 40.5 Å². The van der Waals surface area contributed by atoms with Crippen LogP contribution in [0.3, 0.4) is 0 Å². The van der Waals surface area contributed by atoms with E-state index >= 15 is 0 Å². The highest BCUT2D eigenvalue weighted by molar-refractivity contribution is 6.47. The predicted octanol–water partition coefficient (Wildman–Crippen LogP) is 4.50. The molecule has 0 aliphatic rings. The van der Waals surface area contributed by atoms with Gasteiger partial charge in [-0.25, -0.2) is 0 Å². The lowest BCUT2D eigenvalue weighted by Crippen LogP contribution is -2.33. The van der Waals surface area contributed by atoms with Crippen LogP contribution in [-0.4, -0.2) is 38.5 Å². The normalized spacial score (nSPS) is 11.3. The van der Waals surface area contributed by atoms with Crippen molar-refractivity contribution in [2.24, 2.45) is 5.16 Å². The van der Waals surface area contributed by atoms with E-state index < -0.39 is 0 Å². The standard InChI is InChI=1S/C21H24Cl2N2O4/c1-13(2)29-18-8-5-14(11-19(18)27-3)9-10-24-21(26)20(25-28-4)15-6-7-16(22)17(23)12-15/h5-8,11-13H,9-10H2,1-4H3,(H,24,26). The average molecular weight is 439 g/mol. The third-order valence-electron chi connectivity index (χ3n) is 3.88. The van der Waals surface area contributed by atoms with Gasteiger partial charge in [-0.2, -0.15) is 0 Å². The first-order chi connectivity index (χ1) is 13.8. The number of amides is 1. The topological polar surface area (TPSA) is 69.2 Å².